The van der Waals surface area contributed by atoms with Gasteiger partial charge in [-0.25, -0.2) is 0 Å². The van der Waals surface area contributed by atoms with Gasteiger partial charge in [0.25, 0.3) is 0 Å². The van der Waals surface area contributed by atoms with Crippen molar-refractivity contribution in [2.75, 3.05) is 13.1 Å². The fraction of sp³-hybridized carbons (Fsp3) is 0.500. The SMILES string of the molecule is CC1C(=O)N2CCCC(C2)c2ccccc21. The molecule has 1 fully saturated rings. The summed E-state index contributed by atoms with van der Waals surface area (Å²) in [6.45, 7) is 3.93. The molecule has 2 unspecified atom stereocenters. The maximum atomic E-state index is 12.2. The molecule has 1 aromatic rings. The first kappa shape index (κ1) is 9.88. The van der Waals surface area contributed by atoms with Crippen molar-refractivity contribution in [1.29, 1.82) is 0 Å². The van der Waals surface area contributed by atoms with Crippen molar-refractivity contribution in [3.05, 3.63) is 35.4 Å². The highest BCUT2D eigenvalue weighted by Gasteiger charge is 2.34. The van der Waals surface area contributed by atoms with Gasteiger partial charge in [-0.3, -0.25) is 4.79 Å². The topological polar surface area (TPSA) is 20.3 Å². The van der Waals surface area contributed by atoms with Gasteiger partial charge in [0.05, 0.1) is 5.92 Å². The summed E-state index contributed by atoms with van der Waals surface area (Å²) in [4.78, 5) is 14.3. The van der Waals surface area contributed by atoms with Crippen LogP contribution in [-0.2, 0) is 4.79 Å². The van der Waals surface area contributed by atoms with E-state index in [1.54, 1.807) is 0 Å². The van der Waals surface area contributed by atoms with Gasteiger partial charge in [-0.05, 0) is 30.9 Å². The molecule has 2 aliphatic heterocycles. The van der Waals surface area contributed by atoms with Gasteiger partial charge >= 0.3 is 0 Å². The minimum Gasteiger partial charge on any atom is -0.342 e. The van der Waals surface area contributed by atoms with E-state index in [9.17, 15) is 4.79 Å². The second-order valence-electron chi connectivity index (χ2n) is 4.97. The third-order valence-electron chi connectivity index (χ3n) is 4.01. The molecule has 2 aliphatic rings. The van der Waals surface area contributed by atoms with E-state index in [1.165, 1.54) is 17.5 Å². The highest BCUT2D eigenvalue weighted by molar-refractivity contribution is 5.84. The Morgan fingerprint density at radius 2 is 2.00 bits per heavy atom. The third kappa shape index (κ3) is 1.36. The standard InChI is InChI=1S/C14H17NO/c1-10-12-6-2-3-7-13(12)11-5-4-8-15(9-11)14(10)16/h2-3,6-7,10-11H,4-5,8-9H2,1H3. The van der Waals surface area contributed by atoms with E-state index in [-0.39, 0.29) is 5.92 Å². The number of carbonyl (C=O) groups is 1. The molecule has 2 heterocycles. The van der Waals surface area contributed by atoms with Gasteiger partial charge in [-0.2, -0.15) is 0 Å². The van der Waals surface area contributed by atoms with Gasteiger partial charge < -0.3 is 4.90 Å². The second-order valence-corrected chi connectivity index (χ2v) is 4.97. The summed E-state index contributed by atoms with van der Waals surface area (Å²) in [6, 6.07) is 8.48. The number of benzene rings is 1. The smallest absolute Gasteiger partial charge is 0.229 e. The lowest BCUT2D eigenvalue weighted by molar-refractivity contribution is -0.133. The van der Waals surface area contributed by atoms with Crippen LogP contribution in [0, 0.1) is 0 Å². The summed E-state index contributed by atoms with van der Waals surface area (Å²) >= 11 is 0. The summed E-state index contributed by atoms with van der Waals surface area (Å²) in [5.41, 5.74) is 2.66. The molecule has 0 saturated carbocycles. The molecule has 84 valence electrons. The number of fused-ring (bicyclic) bond motifs is 4. The first-order valence-electron chi connectivity index (χ1n) is 6.15. The quantitative estimate of drug-likeness (QED) is 0.651. The summed E-state index contributed by atoms with van der Waals surface area (Å²) in [5.74, 6) is 0.924. The van der Waals surface area contributed by atoms with Crippen LogP contribution in [0.15, 0.2) is 24.3 Å². The zero-order chi connectivity index (χ0) is 11.1. The number of amides is 1. The van der Waals surface area contributed by atoms with E-state index >= 15 is 0 Å². The van der Waals surface area contributed by atoms with Crippen LogP contribution in [0.3, 0.4) is 0 Å². The maximum Gasteiger partial charge on any atom is 0.229 e. The predicted molar refractivity (Wildman–Crippen MR) is 63.4 cm³/mol. The molecule has 2 bridgehead atoms. The molecule has 0 aliphatic carbocycles. The van der Waals surface area contributed by atoms with E-state index in [0.29, 0.717) is 11.8 Å². The molecule has 0 radical (unpaired) electrons. The molecule has 3 rings (SSSR count). The highest BCUT2D eigenvalue weighted by atomic mass is 16.2. The number of hydrogen-bond donors (Lipinski definition) is 0. The number of hydrogen-bond acceptors (Lipinski definition) is 1. The molecule has 16 heavy (non-hydrogen) atoms. The first-order chi connectivity index (χ1) is 7.77. The first-order valence-corrected chi connectivity index (χ1v) is 6.15. The monoisotopic (exact) mass is 215 g/mol. The summed E-state index contributed by atoms with van der Waals surface area (Å²) in [6.07, 6.45) is 2.38. The minimum absolute atomic E-state index is 0.0410. The van der Waals surface area contributed by atoms with E-state index in [0.717, 1.165) is 19.5 Å². The fourth-order valence-corrected chi connectivity index (χ4v) is 3.12. The third-order valence-corrected chi connectivity index (χ3v) is 4.01. The van der Waals surface area contributed by atoms with E-state index in [2.05, 4.69) is 23.1 Å². The van der Waals surface area contributed by atoms with Gasteiger partial charge in [-0.1, -0.05) is 24.3 Å². The van der Waals surface area contributed by atoms with Crippen molar-refractivity contribution < 1.29 is 4.79 Å². The van der Waals surface area contributed by atoms with Crippen molar-refractivity contribution in [3.8, 4) is 0 Å². The lowest BCUT2D eigenvalue weighted by Gasteiger charge is -2.31. The Morgan fingerprint density at radius 3 is 2.81 bits per heavy atom. The maximum absolute atomic E-state index is 12.2. The Labute approximate surface area is 96.3 Å². The van der Waals surface area contributed by atoms with Crippen LogP contribution < -0.4 is 0 Å². The average Bonchev–Trinajstić information content (AvgIpc) is 2.42. The molecular weight excluding hydrogens is 198 g/mol. The van der Waals surface area contributed by atoms with Gasteiger partial charge in [0.1, 0.15) is 0 Å². The summed E-state index contributed by atoms with van der Waals surface area (Å²) in [7, 11) is 0. The number of carbonyl (C=O) groups excluding carboxylic acids is 1. The minimum atomic E-state index is 0.0410. The number of piperidine rings is 1. The van der Waals surface area contributed by atoms with Crippen LogP contribution >= 0.6 is 0 Å². The largest absolute Gasteiger partial charge is 0.342 e. The summed E-state index contributed by atoms with van der Waals surface area (Å²) in [5, 5.41) is 0. The van der Waals surface area contributed by atoms with Gasteiger partial charge in [0.15, 0.2) is 0 Å². The number of nitrogens with zero attached hydrogens (tertiary/aromatic N) is 1. The van der Waals surface area contributed by atoms with Crippen molar-refractivity contribution >= 4 is 5.91 Å². The Bertz CT molecular complexity index is 426. The number of rotatable bonds is 0. The molecule has 0 N–H and O–H groups in total. The predicted octanol–water partition coefficient (Wildman–Crippen LogP) is 2.51. The van der Waals surface area contributed by atoms with Crippen LogP contribution in [0.5, 0.6) is 0 Å². The van der Waals surface area contributed by atoms with Crippen LogP contribution in [0.2, 0.25) is 0 Å². The normalized spacial score (nSPS) is 28.6. The van der Waals surface area contributed by atoms with E-state index in [1.807, 2.05) is 13.0 Å². The van der Waals surface area contributed by atoms with Crippen LogP contribution in [0.4, 0.5) is 0 Å². The molecule has 1 saturated heterocycles. The van der Waals surface area contributed by atoms with Crippen molar-refractivity contribution in [3.63, 3.8) is 0 Å². The average molecular weight is 215 g/mol. The molecular formula is C14H17NO. The molecule has 0 spiro atoms. The van der Waals surface area contributed by atoms with Gasteiger partial charge in [0.2, 0.25) is 5.91 Å². The molecule has 2 atom stereocenters. The lowest BCUT2D eigenvalue weighted by Crippen LogP contribution is -2.38. The highest BCUT2D eigenvalue weighted by Crippen LogP contribution is 2.37. The Balaban J connectivity index is 2.13. The molecule has 2 heteroatoms. The Hall–Kier alpha value is -1.31. The lowest BCUT2D eigenvalue weighted by atomic mass is 9.87. The van der Waals surface area contributed by atoms with Crippen LogP contribution in [0.1, 0.15) is 42.7 Å². The molecule has 1 aromatic carbocycles. The van der Waals surface area contributed by atoms with Crippen LogP contribution in [0.25, 0.3) is 0 Å². The zero-order valence-corrected chi connectivity index (χ0v) is 9.65. The van der Waals surface area contributed by atoms with Crippen molar-refractivity contribution in [2.24, 2.45) is 0 Å². The molecule has 2 nitrogen and oxygen atoms in total. The zero-order valence-electron chi connectivity index (χ0n) is 9.65. The van der Waals surface area contributed by atoms with Gasteiger partial charge in [0, 0.05) is 19.0 Å². The summed E-state index contributed by atoms with van der Waals surface area (Å²) < 4.78 is 0. The molecule has 1 amide bonds. The second kappa shape index (κ2) is 3.62. The van der Waals surface area contributed by atoms with Gasteiger partial charge in [-0.15, -0.1) is 0 Å². The van der Waals surface area contributed by atoms with E-state index in [4.69, 9.17) is 0 Å². The van der Waals surface area contributed by atoms with Crippen LogP contribution in [-0.4, -0.2) is 23.9 Å². The van der Waals surface area contributed by atoms with Crippen molar-refractivity contribution in [2.45, 2.75) is 31.6 Å². The van der Waals surface area contributed by atoms with E-state index < -0.39 is 0 Å². The Morgan fingerprint density at radius 1 is 1.25 bits per heavy atom. The van der Waals surface area contributed by atoms with Crippen molar-refractivity contribution in [1.82, 2.24) is 4.90 Å². The molecule has 0 aromatic heterocycles. The fourth-order valence-electron chi connectivity index (χ4n) is 3.12. The Kier molecular flexibility index (Phi) is 2.23.